The quantitative estimate of drug-likeness (QED) is 0.496. The molecule has 188 valence electrons. The van der Waals surface area contributed by atoms with E-state index >= 15 is 0 Å². The summed E-state index contributed by atoms with van der Waals surface area (Å²) in [5.74, 6) is -1.40. The fourth-order valence-electron chi connectivity index (χ4n) is 5.42. The van der Waals surface area contributed by atoms with Crippen LogP contribution in [0.2, 0.25) is 0 Å². The molecule has 8 nitrogen and oxygen atoms in total. The number of carbonyl (C=O) groups excluding carboxylic acids is 2. The third-order valence-corrected chi connectivity index (χ3v) is 8.66. The van der Waals surface area contributed by atoms with Gasteiger partial charge in [0.25, 0.3) is 11.8 Å². The normalized spacial score (nSPS) is 24.8. The summed E-state index contributed by atoms with van der Waals surface area (Å²) in [6.45, 7) is 1.67. The summed E-state index contributed by atoms with van der Waals surface area (Å²) >= 11 is 1.34. The molecule has 2 aromatic heterocycles. The van der Waals surface area contributed by atoms with Gasteiger partial charge in [-0.05, 0) is 63.0 Å². The highest BCUT2D eigenvalue weighted by Crippen LogP contribution is 2.57. The van der Waals surface area contributed by atoms with Crippen LogP contribution in [0.25, 0.3) is 5.69 Å². The molecule has 3 saturated carbocycles. The van der Waals surface area contributed by atoms with Crippen molar-refractivity contribution in [2.24, 2.45) is 11.1 Å². The fourth-order valence-corrected chi connectivity index (χ4v) is 6.44. The van der Waals surface area contributed by atoms with Gasteiger partial charge in [-0.25, -0.2) is 18.4 Å². The second-order valence-electron chi connectivity index (χ2n) is 10.2. The van der Waals surface area contributed by atoms with Gasteiger partial charge in [0.05, 0.1) is 17.5 Å². The van der Waals surface area contributed by atoms with Crippen molar-refractivity contribution >= 4 is 23.2 Å². The second-order valence-corrected chi connectivity index (χ2v) is 11.2. The van der Waals surface area contributed by atoms with Crippen LogP contribution in [0, 0.1) is 24.0 Å². The number of nitrogens with zero attached hydrogens (tertiary/aromatic N) is 3. The zero-order valence-corrected chi connectivity index (χ0v) is 20.4. The Bertz CT molecular complexity index is 1370. The van der Waals surface area contributed by atoms with Crippen LogP contribution >= 0.6 is 11.3 Å². The summed E-state index contributed by atoms with van der Waals surface area (Å²) in [4.78, 5) is 29.6. The number of rotatable bonds is 7. The molecule has 3 aliphatic rings. The highest BCUT2D eigenvalue weighted by atomic mass is 32.1. The van der Waals surface area contributed by atoms with Crippen molar-refractivity contribution in [2.45, 2.75) is 63.5 Å². The number of amides is 2. The Morgan fingerprint density at radius 3 is 2.64 bits per heavy atom. The van der Waals surface area contributed by atoms with Gasteiger partial charge in [0, 0.05) is 18.0 Å². The van der Waals surface area contributed by atoms with Gasteiger partial charge in [0.2, 0.25) is 5.88 Å². The minimum absolute atomic E-state index is 0.0139. The molecule has 0 unspecified atom stereocenters. The Kier molecular flexibility index (Phi) is 5.36. The average Bonchev–Trinajstić information content (AvgIpc) is 3.43. The van der Waals surface area contributed by atoms with Crippen LogP contribution in [0.1, 0.15) is 75.2 Å². The molecule has 11 heteroatoms. The Labute approximate surface area is 209 Å². The summed E-state index contributed by atoms with van der Waals surface area (Å²) in [6.07, 6.45) is 6.93. The molecule has 0 atom stereocenters. The first-order chi connectivity index (χ1) is 17.2. The first-order valence-corrected chi connectivity index (χ1v) is 12.8. The maximum atomic E-state index is 14.2. The molecule has 0 bridgehead atoms. The molecule has 2 amide bonds. The van der Waals surface area contributed by atoms with Gasteiger partial charge in [-0.2, -0.15) is 5.10 Å². The van der Waals surface area contributed by atoms with E-state index in [1.54, 1.807) is 6.92 Å². The molecule has 0 aliphatic heterocycles. The Balaban J connectivity index is 1.03. The maximum Gasteiger partial charge on any atom is 0.264 e. The number of ether oxygens (including phenoxy) is 1. The molecule has 6 rings (SSSR count). The van der Waals surface area contributed by atoms with Crippen LogP contribution in [0.5, 0.6) is 5.88 Å². The van der Waals surface area contributed by atoms with E-state index in [-0.39, 0.29) is 29.2 Å². The third kappa shape index (κ3) is 4.04. The largest absolute Gasteiger partial charge is 0.473 e. The van der Waals surface area contributed by atoms with E-state index in [4.69, 9.17) is 10.5 Å². The molecule has 3 aromatic rings. The minimum Gasteiger partial charge on any atom is -0.473 e. The highest BCUT2D eigenvalue weighted by molar-refractivity contribution is 7.14. The topological polar surface area (TPSA) is 112 Å². The zero-order valence-electron chi connectivity index (χ0n) is 19.6. The number of hydrogen-bond donors (Lipinski definition) is 2. The van der Waals surface area contributed by atoms with Crippen molar-refractivity contribution < 1.29 is 23.1 Å². The Morgan fingerprint density at radius 1 is 1.22 bits per heavy atom. The average molecular weight is 514 g/mol. The second kappa shape index (κ2) is 8.36. The van der Waals surface area contributed by atoms with Gasteiger partial charge in [-0.3, -0.25) is 9.59 Å². The molecule has 0 saturated heterocycles. The standard InChI is InChI=1S/C25H25F2N5O3S/c1-12-17(11-29-32(12)19-5-4-14(26)6-18(19)27)22(34)30-15-7-25(8-15)9-16(10-25)35-23-20(21(28)33)36-24(31-23)13-2-3-13/h4-6,11,13,15-16H,2-3,7-10H2,1H3,(H2,28,33)(H,30,34). The summed E-state index contributed by atoms with van der Waals surface area (Å²) in [7, 11) is 0. The van der Waals surface area contributed by atoms with Crippen molar-refractivity contribution in [3.63, 3.8) is 0 Å². The van der Waals surface area contributed by atoms with Gasteiger partial charge < -0.3 is 15.8 Å². The summed E-state index contributed by atoms with van der Waals surface area (Å²) in [5, 5.41) is 8.10. The molecular formula is C25H25F2N5O3S. The molecule has 1 spiro atoms. The summed E-state index contributed by atoms with van der Waals surface area (Å²) < 4.78 is 34.7. The number of benzene rings is 1. The fraction of sp³-hybridized carbons (Fsp3) is 0.440. The lowest BCUT2D eigenvalue weighted by atomic mass is 9.53. The molecule has 3 aliphatic carbocycles. The van der Waals surface area contributed by atoms with Crippen molar-refractivity contribution in [2.75, 3.05) is 0 Å². The lowest BCUT2D eigenvalue weighted by Gasteiger charge is -2.57. The Hall–Kier alpha value is -3.34. The van der Waals surface area contributed by atoms with E-state index in [1.165, 1.54) is 28.3 Å². The molecule has 36 heavy (non-hydrogen) atoms. The van der Waals surface area contributed by atoms with E-state index in [0.29, 0.717) is 27.9 Å². The number of halogens is 2. The van der Waals surface area contributed by atoms with E-state index in [2.05, 4.69) is 15.4 Å². The predicted molar refractivity (Wildman–Crippen MR) is 127 cm³/mol. The van der Waals surface area contributed by atoms with Crippen LogP contribution in [-0.4, -0.2) is 38.7 Å². The van der Waals surface area contributed by atoms with Crippen molar-refractivity contribution in [3.05, 3.63) is 57.2 Å². The number of hydrogen-bond acceptors (Lipinski definition) is 6. The first kappa shape index (κ1) is 23.1. The van der Waals surface area contributed by atoms with Crippen LogP contribution in [0.4, 0.5) is 8.78 Å². The minimum atomic E-state index is -0.750. The smallest absolute Gasteiger partial charge is 0.264 e. The van der Waals surface area contributed by atoms with E-state index in [0.717, 1.165) is 55.7 Å². The molecule has 0 radical (unpaired) electrons. The van der Waals surface area contributed by atoms with Gasteiger partial charge >= 0.3 is 0 Å². The van der Waals surface area contributed by atoms with Crippen molar-refractivity contribution in [3.8, 4) is 11.6 Å². The third-order valence-electron chi connectivity index (χ3n) is 7.45. The van der Waals surface area contributed by atoms with Gasteiger partial charge in [0.1, 0.15) is 22.6 Å². The Morgan fingerprint density at radius 2 is 1.97 bits per heavy atom. The summed E-state index contributed by atoms with van der Waals surface area (Å²) in [6, 6.07) is 3.26. The van der Waals surface area contributed by atoms with Crippen LogP contribution in [0.3, 0.4) is 0 Å². The molecule has 2 heterocycles. The number of aromatic nitrogens is 3. The molecule has 3 fully saturated rings. The number of thiazole rings is 1. The van der Waals surface area contributed by atoms with Crippen LogP contribution in [0.15, 0.2) is 24.4 Å². The molecular weight excluding hydrogens is 488 g/mol. The van der Waals surface area contributed by atoms with Crippen molar-refractivity contribution in [1.82, 2.24) is 20.1 Å². The monoisotopic (exact) mass is 513 g/mol. The lowest BCUT2D eigenvalue weighted by molar-refractivity contribution is -0.0846. The first-order valence-electron chi connectivity index (χ1n) is 12.0. The van der Waals surface area contributed by atoms with Crippen LogP contribution < -0.4 is 15.8 Å². The number of nitrogens with two attached hydrogens (primary N) is 1. The molecule has 1 aromatic carbocycles. The van der Waals surface area contributed by atoms with E-state index in [1.807, 2.05) is 0 Å². The number of nitrogens with one attached hydrogen (secondary N) is 1. The SMILES string of the molecule is Cc1c(C(=O)NC2CC3(C2)CC(Oc2nc(C4CC4)sc2C(N)=O)C3)cnn1-c1ccc(F)cc1F. The van der Waals surface area contributed by atoms with E-state index < -0.39 is 17.5 Å². The predicted octanol–water partition coefficient (Wildman–Crippen LogP) is 4.01. The zero-order chi connectivity index (χ0) is 25.2. The lowest BCUT2D eigenvalue weighted by Crippen LogP contribution is -2.58. The number of carbonyl (C=O) groups is 2. The van der Waals surface area contributed by atoms with Gasteiger partial charge in [-0.15, -0.1) is 11.3 Å². The van der Waals surface area contributed by atoms with Crippen molar-refractivity contribution in [1.29, 1.82) is 0 Å². The van der Waals surface area contributed by atoms with Gasteiger partial charge in [0.15, 0.2) is 10.7 Å². The van der Waals surface area contributed by atoms with E-state index in [9.17, 15) is 18.4 Å². The molecule has 3 N–H and O–H groups in total. The van der Waals surface area contributed by atoms with Crippen LogP contribution in [-0.2, 0) is 0 Å². The summed E-state index contributed by atoms with van der Waals surface area (Å²) in [5.41, 5.74) is 6.55. The number of primary amides is 1. The highest BCUT2D eigenvalue weighted by Gasteiger charge is 2.54. The maximum absolute atomic E-state index is 14.2. The van der Waals surface area contributed by atoms with Gasteiger partial charge in [-0.1, -0.05) is 0 Å².